The SMILES string of the molecule is CC[C@@]1(C)O[C@@H]2[C@@H]([C@@H](C)F)CN(Cc3ccccc3)C[C@H]2O[C@]1(C)OC. The molecule has 1 aromatic rings. The van der Waals surface area contributed by atoms with E-state index in [0.29, 0.717) is 13.1 Å². The van der Waals surface area contributed by atoms with Gasteiger partial charge in [-0.15, -0.1) is 0 Å². The highest BCUT2D eigenvalue weighted by atomic mass is 19.1. The summed E-state index contributed by atoms with van der Waals surface area (Å²) >= 11 is 0. The van der Waals surface area contributed by atoms with Gasteiger partial charge in [-0.05, 0) is 32.8 Å². The van der Waals surface area contributed by atoms with Gasteiger partial charge in [0.05, 0.1) is 6.10 Å². The van der Waals surface area contributed by atoms with Crippen molar-refractivity contribution in [3.8, 4) is 0 Å². The summed E-state index contributed by atoms with van der Waals surface area (Å²) in [4.78, 5) is 2.27. The van der Waals surface area contributed by atoms with Gasteiger partial charge in [0.1, 0.15) is 17.9 Å². The standard InChI is InChI=1S/C21H32FNO3/c1-6-20(3)21(4,24-5)25-18-14-23(12-16-10-8-7-9-11-16)13-17(15(2)22)19(18)26-20/h7-11,15,17-19H,6,12-14H2,1-5H3/t15-,17-,18-,19-,20-,21+/m1/s1. The van der Waals surface area contributed by atoms with Crippen LogP contribution < -0.4 is 0 Å². The zero-order valence-electron chi connectivity index (χ0n) is 16.6. The van der Waals surface area contributed by atoms with Crippen molar-refractivity contribution in [2.24, 2.45) is 5.92 Å². The first-order valence-corrected chi connectivity index (χ1v) is 9.63. The molecule has 3 rings (SSSR count). The van der Waals surface area contributed by atoms with E-state index in [1.807, 2.05) is 32.0 Å². The van der Waals surface area contributed by atoms with Crippen LogP contribution in [-0.2, 0) is 20.8 Å². The first-order chi connectivity index (χ1) is 12.3. The number of methoxy groups -OCH3 is 1. The molecular weight excluding hydrogens is 333 g/mol. The number of benzene rings is 1. The molecule has 0 unspecified atom stereocenters. The molecule has 146 valence electrons. The minimum atomic E-state index is -0.960. The van der Waals surface area contributed by atoms with Crippen LogP contribution in [0.2, 0.25) is 0 Å². The van der Waals surface area contributed by atoms with E-state index in [9.17, 15) is 4.39 Å². The van der Waals surface area contributed by atoms with Crippen LogP contribution in [0, 0.1) is 5.92 Å². The fourth-order valence-electron chi connectivity index (χ4n) is 4.24. The van der Waals surface area contributed by atoms with E-state index in [4.69, 9.17) is 14.2 Å². The van der Waals surface area contributed by atoms with E-state index in [1.54, 1.807) is 14.0 Å². The van der Waals surface area contributed by atoms with Crippen LogP contribution >= 0.6 is 0 Å². The van der Waals surface area contributed by atoms with Gasteiger partial charge >= 0.3 is 0 Å². The highest BCUT2D eigenvalue weighted by Gasteiger charge is 2.58. The largest absolute Gasteiger partial charge is 0.363 e. The summed E-state index contributed by atoms with van der Waals surface area (Å²) < 4.78 is 33.1. The number of ether oxygens (including phenoxy) is 3. The minimum Gasteiger partial charge on any atom is -0.363 e. The maximum atomic E-state index is 14.5. The summed E-state index contributed by atoms with van der Waals surface area (Å²) in [7, 11) is 1.65. The second-order valence-electron chi connectivity index (χ2n) is 7.99. The topological polar surface area (TPSA) is 30.9 Å². The molecule has 26 heavy (non-hydrogen) atoms. The van der Waals surface area contributed by atoms with E-state index >= 15 is 0 Å². The maximum Gasteiger partial charge on any atom is 0.194 e. The summed E-state index contributed by atoms with van der Waals surface area (Å²) in [6, 6.07) is 10.3. The van der Waals surface area contributed by atoms with Gasteiger partial charge in [-0.2, -0.15) is 0 Å². The Balaban J connectivity index is 1.83. The molecule has 1 aromatic carbocycles. The van der Waals surface area contributed by atoms with E-state index in [0.717, 1.165) is 13.0 Å². The molecule has 0 aromatic heterocycles. The fourth-order valence-corrected chi connectivity index (χ4v) is 4.24. The summed E-state index contributed by atoms with van der Waals surface area (Å²) in [6.07, 6.45) is -0.685. The molecule has 2 aliphatic heterocycles. The Morgan fingerprint density at radius 2 is 1.92 bits per heavy atom. The normalized spacial score (nSPS) is 39.4. The highest BCUT2D eigenvalue weighted by molar-refractivity contribution is 5.15. The van der Waals surface area contributed by atoms with E-state index in [1.165, 1.54) is 5.56 Å². The Kier molecular flexibility index (Phi) is 5.73. The Morgan fingerprint density at radius 3 is 2.50 bits per heavy atom. The number of halogens is 1. The molecule has 6 atom stereocenters. The van der Waals surface area contributed by atoms with Crippen molar-refractivity contribution >= 4 is 0 Å². The van der Waals surface area contributed by atoms with Crippen LogP contribution in [0.15, 0.2) is 30.3 Å². The van der Waals surface area contributed by atoms with Gasteiger partial charge in [0.25, 0.3) is 0 Å². The molecule has 2 aliphatic rings. The third kappa shape index (κ3) is 3.55. The summed E-state index contributed by atoms with van der Waals surface area (Å²) in [5, 5.41) is 0. The Labute approximate surface area is 156 Å². The number of piperidine rings is 1. The summed E-state index contributed by atoms with van der Waals surface area (Å²) in [5.41, 5.74) is 0.623. The molecule has 4 nitrogen and oxygen atoms in total. The Hall–Kier alpha value is -1.01. The Morgan fingerprint density at radius 1 is 1.23 bits per heavy atom. The predicted molar refractivity (Wildman–Crippen MR) is 99.6 cm³/mol. The van der Waals surface area contributed by atoms with Crippen molar-refractivity contribution in [3.63, 3.8) is 0 Å². The van der Waals surface area contributed by atoms with E-state index < -0.39 is 17.6 Å². The lowest BCUT2D eigenvalue weighted by Gasteiger charge is -2.57. The van der Waals surface area contributed by atoms with Crippen LogP contribution in [0.3, 0.4) is 0 Å². The lowest BCUT2D eigenvalue weighted by Crippen LogP contribution is -2.70. The zero-order valence-corrected chi connectivity index (χ0v) is 16.6. The second-order valence-corrected chi connectivity index (χ2v) is 7.99. The molecule has 2 heterocycles. The molecule has 0 saturated carbocycles. The number of likely N-dealkylation sites (tertiary alicyclic amines) is 1. The molecule has 2 fully saturated rings. The molecule has 0 spiro atoms. The Bertz CT molecular complexity index is 598. The van der Waals surface area contributed by atoms with Gasteiger partial charge in [0.15, 0.2) is 5.79 Å². The number of rotatable bonds is 5. The molecule has 0 bridgehead atoms. The second kappa shape index (κ2) is 7.55. The lowest BCUT2D eigenvalue weighted by molar-refractivity contribution is -0.400. The van der Waals surface area contributed by atoms with Crippen molar-refractivity contribution in [3.05, 3.63) is 35.9 Å². The summed E-state index contributed by atoms with van der Waals surface area (Å²) in [5.74, 6) is -1.06. The molecule has 2 saturated heterocycles. The van der Waals surface area contributed by atoms with E-state index in [-0.39, 0.29) is 18.1 Å². The van der Waals surface area contributed by atoms with Crippen molar-refractivity contribution < 1.29 is 18.6 Å². The zero-order chi connectivity index (χ0) is 18.9. The number of alkyl halides is 1. The van der Waals surface area contributed by atoms with Crippen LogP contribution in [0.4, 0.5) is 4.39 Å². The molecule has 0 N–H and O–H groups in total. The van der Waals surface area contributed by atoms with Gasteiger partial charge in [-0.25, -0.2) is 4.39 Å². The third-order valence-corrected chi connectivity index (χ3v) is 6.33. The number of fused-ring (bicyclic) bond motifs is 1. The molecule has 0 radical (unpaired) electrons. The average Bonchev–Trinajstić information content (AvgIpc) is 2.63. The minimum absolute atomic E-state index is 0.208. The fraction of sp³-hybridized carbons (Fsp3) is 0.714. The molecular formula is C21H32FNO3. The van der Waals surface area contributed by atoms with Gasteiger partial charge < -0.3 is 14.2 Å². The van der Waals surface area contributed by atoms with Gasteiger partial charge in [0, 0.05) is 32.7 Å². The van der Waals surface area contributed by atoms with Crippen molar-refractivity contribution in [2.45, 2.75) is 70.4 Å². The summed E-state index contributed by atoms with van der Waals surface area (Å²) in [6.45, 7) is 9.77. The van der Waals surface area contributed by atoms with Crippen molar-refractivity contribution in [2.75, 3.05) is 20.2 Å². The van der Waals surface area contributed by atoms with E-state index in [2.05, 4.69) is 24.0 Å². The van der Waals surface area contributed by atoms with Crippen molar-refractivity contribution in [1.82, 2.24) is 4.90 Å². The quantitative estimate of drug-likeness (QED) is 0.794. The average molecular weight is 365 g/mol. The van der Waals surface area contributed by atoms with Crippen LogP contribution in [0.1, 0.15) is 39.7 Å². The monoisotopic (exact) mass is 365 g/mol. The van der Waals surface area contributed by atoms with Crippen LogP contribution in [0.25, 0.3) is 0 Å². The van der Waals surface area contributed by atoms with Gasteiger partial charge in [-0.3, -0.25) is 4.90 Å². The van der Waals surface area contributed by atoms with Crippen LogP contribution in [0.5, 0.6) is 0 Å². The van der Waals surface area contributed by atoms with Crippen LogP contribution in [-0.4, -0.2) is 54.9 Å². The maximum absolute atomic E-state index is 14.5. The first-order valence-electron chi connectivity index (χ1n) is 9.63. The molecule has 5 heteroatoms. The van der Waals surface area contributed by atoms with Gasteiger partial charge in [-0.1, -0.05) is 37.3 Å². The highest BCUT2D eigenvalue weighted by Crippen LogP contribution is 2.44. The number of hydrogen-bond acceptors (Lipinski definition) is 4. The molecule has 0 aliphatic carbocycles. The first kappa shape index (κ1) is 19.7. The lowest BCUT2D eigenvalue weighted by atomic mass is 9.83. The third-order valence-electron chi connectivity index (χ3n) is 6.33. The van der Waals surface area contributed by atoms with Crippen molar-refractivity contribution in [1.29, 1.82) is 0 Å². The molecule has 0 amide bonds. The number of nitrogens with zero attached hydrogens (tertiary/aromatic N) is 1. The van der Waals surface area contributed by atoms with Gasteiger partial charge in [0.2, 0.25) is 0 Å². The predicted octanol–water partition coefficient (Wildman–Crippen LogP) is 3.79. The smallest absolute Gasteiger partial charge is 0.194 e. The number of hydrogen-bond donors (Lipinski definition) is 0.